The van der Waals surface area contributed by atoms with E-state index in [1.54, 1.807) is 0 Å². The van der Waals surface area contributed by atoms with Crippen LogP contribution in [0.4, 0.5) is 0 Å². The first kappa shape index (κ1) is 11.8. The molecule has 0 heterocycles. The van der Waals surface area contributed by atoms with Crippen molar-refractivity contribution in [3.05, 3.63) is 0 Å². The molecule has 1 aliphatic carbocycles. The molecular weight excluding hydrogens is 196 g/mol. The monoisotopic (exact) mass is 214 g/mol. The van der Waals surface area contributed by atoms with Gasteiger partial charge in [-0.1, -0.05) is 5.16 Å². The molecule has 6 nitrogen and oxygen atoms in total. The van der Waals surface area contributed by atoms with Gasteiger partial charge in [-0.25, -0.2) is 0 Å². The summed E-state index contributed by atoms with van der Waals surface area (Å²) in [7, 11) is 0. The molecule has 1 aliphatic rings. The maximum absolute atomic E-state index is 11.2. The van der Waals surface area contributed by atoms with Crippen LogP contribution in [-0.2, 0) is 4.79 Å². The highest BCUT2D eigenvalue weighted by Gasteiger charge is 2.22. The summed E-state index contributed by atoms with van der Waals surface area (Å²) in [6.07, 6.45) is 3.53. The average Bonchev–Trinajstić information content (AvgIpc) is 3.00. The highest BCUT2D eigenvalue weighted by Crippen LogP contribution is 2.18. The lowest BCUT2D eigenvalue weighted by atomic mass is 10.3. The van der Waals surface area contributed by atoms with Crippen LogP contribution in [0.2, 0.25) is 0 Å². The van der Waals surface area contributed by atoms with Crippen LogP contribution in [0.5, 0.6) is 0 Å². The number of amidine groups is 1. The summed E-state index contributed by atoms with van der Waals surface area (Å²) in [5.74, 6) is 0.264. The second-order valence-corrected chi connectivity index (χ2v) is 3.71. The fraction of sp³-hybridized carbons (Fsp3) is 0.778. The van der Waals surface area contributed by atoms with Gasteiger partial charge in [-0.3, -0.25) is 4.79 Å². The Hall–Kier alpha value is -1.30. The van der Waals surface area contributed by atoms with Crippen LogP contribution >= 0.6 is 0 Å². The largest absolute Gasteiger partial charge is 0.409 e. The first-order valence-electron chi connectivity index (χ1n) is 5.19. The number of carbonyl (C=O) groups excluding carboxylic acids is 1. The minimum atomic E-state index is 0.114. The van der Waals surface area contributed by atoms with Crippen LogP contribution in [0.1, 0.15) is 25.7 Å². The first-order valence-corrected chi connectivity index (χ1v) is 5.19. The molecule has 0 bridgehead atoms. The lowest BCUT2D eigenvalue weighted by Gasteiger charge is -2.04. The molecule has 0 saturated heterocycles. The van der Waals surface area contributed by atoms with Crippen molar-refractivity contribution < 1.29 is 10.0 Å². The first-order chi connectivity index (χ1) is 7.22. The fourth-order valence-corrected chi connectivity index (χ4v) is 1.15. The third-order valence-electron chi connectivity index (χ3n) is 2.13. The van der Waals surface area contributed by atoms with E-state index in [-0.39, 0.29) is 11.7 Å². The van der Waals surface area contributed by atoms with Crippen LogP contribution in [-0.4, -0.2) is 36.1 Å². The van der Waals surface area contributed by atoms with E-state index in [2.05, 4.69) is 15.8 Å². The van der Waals surface area contributed by atoms with Gasteiger partial charge in [0.2, 0.25) is 5.91 Å². The zero-order chi connectivity index (χ0) is 11.1. The van der Waals surface area contributed by atoms with E-state index in [0.717, 1.165) is 19.3 Å². The van der Waals surface area contributed by atoms with Gasteiger partial charge >= 0.3 is 0 Å². The molecule has 0 aliphatic heterocycles. The van der Waals surface area contributed by atoms with Crippen LogP contribution in [0.25, 0.3) is 0 Å². The third-order valence-corrected chi connectivity index (χ3v) is 2.13. The second kappa shape index (κ2) is 6.23. The minimum Gasteiger partial charge on any atom is -0.409 e. The van der Waals surface area contributed by atoms with Crippen LogP contribution in [0.3, 0.4) is 0 Å². The summed E-state index contributed by atoms with van der Waals surface area (Å²) in [6.45, 7) is 1.04. The maximum Gasteiger partial charge on any atom is 0.220 e. The van der Waals surface area contributed by atoms with Gasteiger partial charge in [0.1, 0.15) is 0 Å². The zero-order valence-corrected chi connectivity index (χ0v) is 8.70. The summed E-state index contributed by atoms with van der Waals surface area (Å²) in [5, 5.41) is 16.9. The van der Waals surface area contributed by atoms with Crippen molar-refractivity contribution in [2.75, 3.05) is 13.1 Å². The predicted octanol–water partition coefficient (Wildman–Crippen LogP) is -0.619. The van der Waals surface area contributed by atoms with Gasteiger partial charge in [0.05, 0.1) is 6.54 Å². The minimum absolute atomic E-state index is 0.114. The van der Waals surface area contributed by atoms with E-state index in [4.69, 9.17) is 10.9 Å². The molecule has 0 aromatic heterocycles. The second-order valence-electron chi connectivity index (χ2n) is 3.71. The molecule has 15 heavy (non-hydrogen) atoms. The summed E-state index contributed by atoms with van der Waals surface area (Å²) >= 11 is 0. The van der Waals surface area contributed by atoms with E-state index in [1.807, 2.05) is 0 Å². The number of carbonyl (C=O) groups is 1. The molecule has 5 N–H and O–H groups in total. The van der Waals surface area contributed by atoms with Crippen molar-refractivity contribution in [2.45, 2.75) is 31.7 Å². The summed E-state index contributed by atoms with van der Waals surface area (Å²) < 4.78 is 0. The SMILES string of the molecule is NC(CNCCCC(=O)NC1CC1)=NO. The molecule has 0 atom stereocenters. The molecular formula is C9H18N4O2. The maximum atomic E-state index is 11.2. The Bertz CT molecular complexity index is 238. The molecule has 1 fully saturated rings. The van der Waals surface area contributed by atoms with Crippen LogP contribution in [0.15, 0.2) is 5.16 Å². The molecule has 0 spiro atoms. The highest BCUT2D eigenvalue weighted by atomic mass is 16.4. The Morgan fingerprint density at radius 3 is 2.87 bits per heavy atom. The molecule has 86 valence electrons. The van der Waals surface area contributed by atoms with Crippen molar-refractivity contribution in [2.24, 2.45) is 10.9 Å². The number of nitrogens with one attached hydrogen (secondary N) is 2. The number of oxime groups is 1. The lowest BCUT2D eigenvalue weighted by Crippen LogP contribution is -2.31. The quantitative estimate of drug-likeness (QED) is 0.149. The number of rotatable bonds is 7. The van der Waals surface area contributed by atoms with Gasteiger partial charge in [-0.2, -0.15) is 0 Å². The summed E-state index contributed by atoms with van der Waals surface area (Å²) in [4.78, 5) is 11.2. The van der Waals surface area contributed by atoms with Gasteiger partial charge in [0, 0.05) is 12.5 Å². The predicted molar refractivity (Wildman–Crippen MR) is 56.7 cm³/mol. The Morgan fingerprint density at radius 1 is 1.53 bits per heavy atom. The molecule has 0 aromatic rings. The van der Waals surface area contributed by atoms with E-state index in [1.165, 1.54) is 0 Å². The van der Waals surface area contributed by atoms with Crippen molar-refractivity contribution >= 4 is 11.7 Å². The van der Waals surface area contributed by atoms with Gasteiger partial charge in [-0.15, -0.1) is 0 Å². The van der Waals surface area contributed by atoms with E-state index >= 15 is 0 Å². The van der Waals surface area contributed by atoms with Crippen molar-refractivity contribution in [1.29, 1.82) is 0 Å². The molecule has 1 rings (SSSR count). The molecule has 0 unspecified atom stereocenters. The van der Waals surface area contributed by atoms with Gasteiger partial charge in [-0.05, 0) is 25.8 Å². The number of nitrogens with zero attached hydrogens (tertiary/aromatic N) is 1. The molecule has 6 heteroatoms. The Morgan fingerprint density at radius 2 is 2.27 bits per heavy atom. The molecule has 1 saturated carbocycles. The normalized spacial score (nSPS) is 16.4. The lowest BCUT2D eigenvalue weighted by molar-refractivity contribution is -0.121. The standard InChI is InChI=1S/C9H18N4O2/c10-8(13-15)6-11-5-1-2-9(14)12-7-3-4-7/h7,11,15H,1-6H2,(H2,10,13)(H,12,14). The molecule has 1 amide bonds. The Kier molecular flexibility index (Phi) is 4.89. The number of nitrogens with two attached hydrogens (primary N) is 1. The average molecular weight is 214 g/mol. The van der Waals surface area contributed by atoms with Crippen molar-refractivity contribution in [1.82, 2.24) is 10.6 Å². The van der Waals surface area contributed by atoms with Gasteiger partial charge in [0.15, 0.2) is 5.84 Å². The highest BCUT2D eigenvalue weighted by molar-refractivity contribution is 5.81. The number of amides is 1. The van der Waals surface area contributed by atoms with Crippen molar-refractivity contribution in [3.8, 4) is 0 Å². The molecule has 0 aromatic carbocycles. The van der Waals surface area contributed by atoms with E-state index in [9.17, 15) is 4.79 Å². The fourth-order valence-electron chi connectivity index (χ4n) is 1.15. The summed E-state index contributed by atoms with van der Waals surface area (Å²) in [5.41, 5.74) is 5.25. The van der Waals surface area contributed by atoms with Crippen molar-refractivity contribution in [3.63, 3.8) is 0 Å². The van der Waals surface area contributed by atoms with E-state index in [0.29, 0.717) is 25.6 Å². The smallest absolute Gasteiger partial charge is 0.220 e. The molecule has 0 radical (unpaired) electrons. The Balaban J connectivity index is 1.89. The number of hydrogen-bond donors (Lipinski definition) is 4. The van der Waals surface area contributed by atoms with E-state index < -0.39 is 0 Å². The number of hydrogen-bond acceptors (Lipinski definition) is 4. The van der Waals surface area contributed by atoms with Gasteiger partial charge in [0.25, 0.3) is 0 Å². The zero-order valence-electron chi connectivity index (χ0n) is 8.70. The topological polar surface area (TPSA) is 99.7 Å². The van der Waals surface area contributed by atoms with Gasteiger partial charge < -0.3 is 21.6 Å². The summed E-state index contributed by atoms with van der Waals surface area (Å²) in [6, 6.07) is 0.433. The van der Waals surface area contributed by atoms with Crippen LogP contribution < -0.4 is 16.4 Å². The third kappa shape index (κ3) is 5.90. The Labute approximate surface area is 88.9 Å². The van der Waals surface area contributed by atoms with Crippen LogP contribution in [0, 0.1) is 0 Å².